The molecule has 0 amide bonds. The quantitative estimate of drug-likeness (QED) is 0.316. The van der Waals surface area contributed by atoms with E-state index >= 15 is 0 Å². The van der Waals surface area contributed by atoms with Crippen LogP contribution >= 0.6 is 0 Å². The van der Waals surface area contributed by atoms with Gasteiger partial charge in [-0.05, 0) is 55.5 Å². The highest BCUT2D eigenvalue weighted by atomic mass is 16.5. The van der Waals surface area contributed by atoms with Gasteiger partial charge in [-0.25, -0.2) is 9.97 Å². The number of hydrogen-bond acceptors (Lipinski definition) is 4. The molecule has 1 aromatic heterocycles. The summed E-state index contributed by atoms with van der Waals surface area (Å²) in [7, 11) is 0. The average Bonchev–Trinajstić information content (AvgIpc) is 2.67. The largest absolute Gasteiger partial charge is 0.426 e. The molecular weight excluding hydrogens is 324 g/mol. The molecule has 4 heteroatoms. The monoisotopic (exact) mass is 354 g/mol. The van der Waals surface area contributed by atoms with Crippen LogP contribution < -0.4 is 4.74 Å². The number of benzene rings is 1. The smallest absolute Gasteiger partial charge is 0.314 e. The van der Waals surface area contributed by atoms with Crippen molar-refractivity contribution in [3.05, 3.63) is 42.2 Å². The highest BCUT2D eigenvalue weighted by Gasteiger charge is 2.17. The molecule has 0 spiro atoms. The number of esters is 1. The Balaban J connectivity index is 1.97. The molecule has 0 aliphatic carbocycles. The number of unbranched alkanes of at least 4 members (excludes halogenated alkanes) is 2. The van der Waals surface area contributed by atoms with E-state index in [4.69, 9.17) is 4.74 Å². The molecule has 2 rings (SSSR count). The fourth-order valence-corrected chi connectivity index (χ4v) is 2.92. The average molecular weight is 354 g/mol. The zero-order chi connectivity index (χ0) is 18.8. The minimum absolute atomic E-state index is 0.0248. The fourth-order valence-electron chi connectivity index (χ4n) is 2.92. The number of rotatable bonds is 10. The maximum atomic E-state index is 12.2. The minimum atomic E-state index is -0.144. The van der Waals surface area contributed by atoms with Crippen molar-refractivity contribution in [3.8, 4) is 17.1 Å². The van der Waals surface area contributed by atoms with E-state index in [2.05, 4.69) is 23.8 Å². The van der Waals surface area contributed by atoms with E-state index in [1.165, 1.54) is 24.8 Å². The Morgan fingerprint density at radius 2 is 1.69 bits per heavy atom. The second-order valence-electron chi connectivity index (χ2n) is 6.71. The normalized spacial score (nSPS) is 12.0. The van der Waals surface area contributed by atoms with Gasteiger partial charge >= 0.3 is 5.97 Å². The van der Waals surface area contributed by atoms with Crippen molar-refractivity contribution in [1.82, 2.24) is 9.97 Å². The molecule has 1 unspecified atom stereocenters. The highest BCUT2D eigenvalue weighted by molar-refractivity contribution is 5.75. The van der Waals surface area contributed by atoms with E-state index in [0.717, 1.165) is 31.2 Å². The van der Waals surface area contributed by atoms with Crippen LogP contribution in [0.3, 0.4) is 0 Å². The van der Waals surface area contributed by atoms with Crippen molar-refractivity contribution >= 4 is 5.97 Å². The van der Waals surface area contributed by atoms with Crippen molar-refractivity contribution in [1.29, 1.82) is 0 Å². The summed E-state index contributed by atoms with van der Waals surface area (Å²) < 4.78 is 5.51. The maximum absolute atomic E-state index is 12.2. The second-order valence-corrected chi connectivity index (χ2v) is 6.71. The van der Waals surface area contributed by atoms with Crippen LogP contribution in [-0.2, 0) is 11.2 Å². The lowest BCUT2D eigenvalue weighted by molar-refractivity contribution is -0.139. The number of carbonyl (C=O) groups excluding carboxylic acids is 1. The van der Waals surface area contributed by atoms with E-state index in [0.29, 0.717) is 11.6 Å². The molecule has 2 aromatic rings. The third-order valence-corrected chi connectivity index (χ3v) is 4.57. The summed E-state index contributed by atoms with van der Waals surface area (Å²) in [5, 5.41) is 0. The van der Waals surface area contributed by atoms with Gasteiger partial charge in [0.2, 0.25) is 0 Å². The number of nitrogens with zero attached hydrogens (tertiary/aromatic N) is 2. The first kappa shape index (κ1) is 20.1. The molecule has 1 aromatic carbocycles. The number of hydrogen-bond donors (Lipinski definition) is 0. The van der Waals surface area contributed by atoms with Crippen LogP contribution in [0.1, 0.15) is 64.9 Å². The first-order valence-corrected chi connectivity index (χ1v) is 9.80. The number of ether oxygens (including phenoxy) is 1. The van der Waals surface area contributed by atoms with E-state index in [1.54, 1.807) is 0 Å². The van der Waals surface area contributed by atoms with Crippen LogP contribution in [-0.4, -0.2) is 15.9 Å². The molecule has 0 aliphatic heterocycles. The Hall–Kier alpha value is -2.23. The Kier molecular flexibility index (Phi) is 8.26. The van der Waals surface area contributed by atoms with Gasteiger partial charge in [0, 0.05) is 18.0 Å². The van der Waals surface area contributed by atoms with Crippen LogP contribution in [0.2, 0.25) is 0 Å². The van der Waals surface area contributed by atoms with Crippen LogP contribution in [0.25, 0.3) is 11.4 Å². The zero-order valence-electron chi connectivity index (χ0n) is 16.2. The van der Waals surface area contributed by atoms with Gasteiger partial charge in [0.05, 0.1) is 5.92 Å². The summed E-state index contributed by atoms with van der Waals surface area (Å²) in [6, 6.07) is 7.42. The molecule has 1 heterocycles. The van der Waals surface area contributed by atoms with Crippen LogP contribution in [0.4, 0.5) is 0 Å². The number of aryl methyl sites for hydroxylation is 1. The molecule has 4 nitrogen and oxygen atoms in total. The predicted molar refractivity (Wildman–Crippen MR) is 105 cm³/mol. The van der Waals surface area contributed by atoms with Gasteiger partial charge in [-0.2, -0.15) is 0 Å². The zero-order valence-corrected chi connectivity index (χ0v) is 16.2. The summed E-state index contributed by atoms with van der Waals surface area (Å²) in [4.78, 5) is 21.1. The van der Waals surface area contributed by atoms with Gasteiger partial charge in [-0.3, -0.25) is 4.79 Å². The Labute approximate surface area is 157 Å². The molecule has 0 saturated heterocycles. The molecular formula is C22H30N2O2. The first-order valence-electron chi connectivity index (χ1n) is 9.80. The number of aromatic nitrogens is 2. The minimum Gasteiger partial charge on any atom is -0.426 e. The lowest BCUT2D eigenvalue weighted by Crippen LogP contribution is -2.19. The Morgan fingerprint density at radius 3 is 2.27 bits per heavy atom. The Morgan fingerprint density at radius 1 is 1.00 bits per heavy atom. The van der Waals surface area contributed by atoms with E-state index in [9.17, 15) is 4.79 Å². The molecule has 0 aliphatic rings. The van der Waals surface area contributed by atoms with Crippen LogP contribution in [0.5, 0.6) is 5.75 Å². The lowest BCUT2D eigenvalue weighted by Gasteiger charge is -2.13. The van der Waals surface area contributed by atoms with Crippen molar-refractivity contribution in [2.24, 2.45) is 5.92 Å². The molecule has 0 bridgehead atoms. The summed E-state index contributed by atoms with van der Waals surface area (Å²) in [6.07, 6.45) is 11.1. The van der Waals surface area contributed by atoms with E-state index in [1.807, 2.05) is 43.6 Å². The predicted octanol–water partition coefficient (Wildman–Crippen LogP) is 5.61. The first-order chi connectivity index (χ1) is 12.7. The molecule has 140 valence electrons. The fraction of sp³-hybridized carbons (Fsp3) is 0.500. The molecule has 1 atom stereocenters. The van der Waals surface area contributed by atoms with E-state index in [-0.39, 0.29) is 11.9 Å². The SMILES string of the molecule is CCCCCc1cnc(-c2ccc(OC(=O)C(CC)CCC)cc2)nc1. The Bertz CT molecular complexity index is 666. The summed E-state index contributed by atoms with van der Waals surface area (Å²) in [6.45, 7) is 6.31. The lowest BCUT2D eigenvalue weighted by atomic mass is 10.0. The van der Waals surface area contributed by atoms with Crippen LogP contribution in [0.15, 0.2) is 36.7 Å². The topological polar surface area (TPSA) is 52.1 Å². The molecule has 0 fully saturated rings. The maximum Gasteiger partial charge on any atom is 0.314 e. The van der Waals surface area contributed by atoms with Crippen LogP contribution in [0, 0.1) is 5.92 Å². The number of carbonyl (C=O) groups is 1. The van der Waals surface area contributed by atoms with Gasteiger partial charge in [-0.1, -0.05) is 40.0 Å². The summed E-state index contributed by atoms with van der Waals surface area (Å²) >= 11 is 0. The second kappa shape index (κ2) is 10.7. The van der Waals surface area contributed by atoms with Crippen molar-refractivity contribution < 1.29 is 9.53 Å². The standard InChI is InChI=1S/C22H30N2O2/c1-4-7-8-10-17-15-23-21(24-16-17)19-11-13-20(14-12-19)26-22(25)18(6-3)9-5-2/h11-16,18H,4-10H2,1-3H3. The molecule has 26 heavy (non-hydrogen) atoms. The van der Waals surface area contributed by atoms with Gasteiger partial charge < -0.3 is 4.74 Å². The third-order valence-electron chi connectivity index (χ3n) is 4.57. The van der Waals surface area contributed by atoms with Crippen molar-refractivity contribution in [3.63, 3.8) is 0 Å². The highest BCUT2D eigenvalue weighted by Crippen LogP contribution is 2.21. The summed E-state index contributed by atoms with van der Waals surface area (Å²) in [5.74, 6) is 1.10. The van der Waals surface area contributed by atoms with E-state index < -0.39 is 0 Å². The molecule has 0 saturated carbocycles. The third kappa shape index (κ3) is 5.94. The van der Waals surface area contributed by atoms with Gasteiger partial charge in [0.15, 0.2) is 5.82 Å². The molecule has 0 radical (unpaired) electrons. The summed E-state index contributed by atoms with van der Waals surface area (Å²) in [5.41, 5.74) is 2.10. The van der Waals surface area contributed by atoms with Gasteiger partial charge in [0.25, 0.3) is 0 Å². The molecule has 0 N–H and O–H groups in total. The van der Waals surface area contributed by atoms with Gasteiger partial charge in [-0.15, -0.1) is 0 Å². The van der Waals surface area contributed by atoms with Crippen molar-refractivity contribution in [2.75, 3.05) is 0 Å². The van der Waals surface area contributed by atoms with Gasteiger partial charge in [0.1, 0.15) is 5.75 Å². The van der Waals surface area contributed by atoms with Crippen molar-refractivity contribution in [2.45, 2.75) is 65.7 Å².